The molecule has 0 aliphatic carbocycles. The minimum atomic E-state index is -4.62. The van der Waals surface area contributed by atoms with Crippen LogP contribution >= 0.6 is 0 Å². The van der Waals surface area contributed by atoms with Crippen molar-refractivity contribution >= 4 is 29.8 Å². The highest BCUT2D eigenvalue weighted by Crippen LogP contribution is 2.30. The Labute approximate surface area is 203 Å². The number of carbonyl (C=O) groups is 5. The summed E-state index contributed by atoms with van der Waals surface area (Å²) in [4.78, 5) is 59.4. The largest absolute Gasteiger partial charge is 0.463 e. The number of carbonyl (C=O) groups excluding carboxylic acids is 5. The summed E-state index contributed by atoms with van der Waals surface area (Å²) in [6, 6.07) is 3.23. The lowest BCUT2D eigenvalue weighted by atomic mass is 9.97. The van der Waals surface area contributed by atoms with Crippen LogP contribution < -0.4 is 5.32 Å². The molecule has 1 fully saturated rings. The van der Waals surface area contributed by atoms with Crippen molar-refractivity contribution in [3.8, 4) is 0 Å². The van der Waals surface area contributed by atoms with Gasteiger partial charge in [0.15, 0.2) is 24.5 Å². The Bertz CT molecular complexity index is 995. The third kappa shape index (κ3) is 7.93. The van der Waals surface area contributed by atoms with E-state index in [2.05, 4.69) is 5.32 Å². The normalized spacial score (nSPS) is 23.7. The summed E-state index contributed by atoms with van der Waals surface area (Å²) in [5.74, 6) is -4.23. The van der Waals surface area contributed by atoms with Gasteiger partial charge in [-0.1, -0.05) is 0 Å². The van der Waals surface area contributed by atoms with Crippen LogP contribution in [0.5, 0.6) is 0 Å². The van der Waals surface area contributed by atoms with Crippen LogP contribution in [0.4, 0.5) is 13.2 Å². The fraction of sp³-hybridized carbons (Fsp3) is 0.500. The van der Waals surface area contributed by atoms with Crippen molar-refractivity contribution in [3.05, 3.63) is 35.4 Å². The Balaban J connectivity index is 2.42. The van der Waals surface area contributed by atoms with E-state index in [0.29, 0.717) is 12.1 Å². The summed E-state index contributed by atoms with van der Waals surface area (Å²) in [6.07, 6.45) is -12.0. The molecule has 1 amide bonds. The highest BCUT2D eigenvalue weighted by Gasteiger charge is 2.52. The molecule has 1 saturated heterocycles. The summed E-state index contributed by atoms with van der Waals surface area (Å²) in [5.41, 5.74) is -1.18. The molecule has 0 saturated carbocycles. The van der Waals surface area contributed by atoms with Gasteiger partial charge in [0.1, 0.15) is 12.7 Å². The van der Waals surface area contributed by atoms with E-state index in [1.165, 1.54) is 0 Å². The van der Waals surface area contributed by atoms with Gasteiger partial charge in [-0.15, -0.1) is 0 Å². The van der Waals surface area contributed by atoms with Crippen molar-refractivity contribution in [1.29, 1.82) is 0 Å². The number of rotatable bonds is 7. The molecule has 14 heteroatoms. The van der Waals surface area contributed by atoms with Crippen molar-refractivity contribution in [3.63, 3.8) is 0 Å². The number of nitrogens with one attached hydrogen (secondary N) is 1. The van der Waals surface area contributed by atoms with E-state index in [0.717, 1.165) is 39.8 Å². The fourth-order valence-electron chi connectivity index (χ4n) is 3.37. The van der Waals surface area contributed by atoms with Gasteiger partial charge >= 0.3 is 30.1 Å². The number of esters is 4. The van der Waals surface area contributed by atoms with Crippen LogP contribution in [0.2, 0.25) is 0 Å². The average Bonchev–Trinajstić information content (AvgIpc) is 2.75. The predicted molar refractivity (Wildman–Crippen MR) is 111 cm³/mol. The Hall–Kier alpha value is -3.68. The summed E-state index contributed by atoms with van der Waals surface area (Å²) in [5, 5.41) is 2.35. The molecule has 1 aromatic rings. The van der Waals surface area contributed by atoms with E-state index in [1.54, 1.807) is 0 Å². The van der Waals surface area contributed by atoms with Gasteiger partial charge in [0.05, 0.1) is 5.56 Å². The second-order valence-corrected chi connectivity index (χ2v) is 7.67. The smallest absolute Gasteiger partial charge is 0.416 e. The second-order valence-electron chi connectivity index (χ2n) is 7.67. The van der Waals surface area contributed by atoms with Gasteiger partial charge in [-0.05, 0) is 24.3 Å². The zero-order valence-electron chi connectivity index (χ0n) is 19.6. The third-order valence-corrected chi connectivity index (χ3v) is 4.74. The van der Waals surface area contributed by atoms with Gasteiger partial charge in [-0.2, -0.15) is 13.2 Å². The number of halogens is 3. The number of alkyl halides is 3. The standard InChI is InChI=1S/C22H24F3NO10/c1-10(27)32-9-16-17(33-11(2)28)18(34-12(3)29)19(35-13(4)30)21(36-16)26-20(31)14-5-7-15(8-6-14)22(23,24)25/h5-8,16-19,21H,9H2,1-4H3,(H,26,31)/t16-,17-,18+,19-,21-/m1/s1. The highest BCUT2D eigenvalue weighted by atomic mass is 19.4. The maximum Gasteiger partial charge on any atom is 0.416 e. The van der Waals surface area contributed by atoms with E-state index in [1.807, 2.05) is 0 Å². The van der Waals surface area contributed by atoms with E-state index < -0.39 is 78.8 Å². The summed E-state index contributed by atoms with van der Waals surface area (Å²) in [6.45, 7) is 3.68. The molecule has 11 nitrogen and oxygen atoms in total. The van der Waals surface area contributed by atoms with Gasteiger partial charge in [0.25, 0.3) is 5.91 Å². The molecule has 1 aliphatic rings. The lowest BCUT2D eigenvalue weighted by Gasteiger charge is -2.44. The minimum absolute atomic E-state index is 0.198. The van der Waals surface area contributed by atoms with Crippen LogP contribution in [0.3, 0.4) is 0 Å². The molecule has 0 spiro atoms. The Morgan fingerprint density at radius 3 is 1.78 bits per heavy atom. The Morgan fingerprint density at radius 2 is 1.31 bits per heavy atom. The average molecular weight is 519 g/mol. The zero-order valence-corrected chi connectivity index (χ0v) is 19.6. The number of hydrogen-bond donors (Lipinski definition) is 1. The van der Waals surface area contributed by atoms with Gasteiger partial charge < -0.3 is 29.0 Å². The molecule has 198 valence electrons. The van der Waals surface area contributed by atoms with Crippen LogP contribution in [0, 0.1) is 0 Å². The molecule has 1 N–H and O–H groups in total. The van der Waals surface area contributed by atoms with Crippen LogP contribution in [0.15, 0.2) is 24.3 Å². The summed E-state index contributed by atoms with van der Waals surface area (Å²) >= 11 is 0. The van der Waals surface area contributed by atoms with Gasteiger partial charge in [-0.3, -0.25) is 24.0 Å². The first-order valence-electron chi connectivity index (χ1n) is 10.5. The Morgan fingerprint density at radius 1 is 0.806 bits per heavy atom. The van der Waals surface area contributed by atoms with Crippen molar-refractivity contribution in [2.24, 2.45) is 0 Å². The van der Waals surface area contributed by atoms with Gasteiger partial charge in [-0.25, -0.2) is 0 Å². The van der Waals surface area contributed by atoms with Crippen molar-refractivity contribution < 1.29 is 60.8 Å². The first-order valence-corrected chi connectivity index (χ1v) is 10.5. The van der Waals surface area contributed by atoms with Crippen LogP contribution in [0.1, 0.15) is 43.6 Å². The second kappa shape index (κ2) is 11.8. The molecule has 36 heavy (non-hydrogen) atoms. The monoisotopic (exact) mass is 519 g/mol. The van der Waals surface area contributed by atoms with Crippen molar-refractivity contribution in [1.82, 2.24) is 5.32 Å². The Kier molecular flexibility index (Phi) is 9.39. The fourth-order valence-corrected chi connectivity index (χ4v) is 3.37. The molecular weight excluding hydrogens is 495 g/mol. The van der Waals surface area contributed by atoms with E-state index >= 15 is 0 Å². The first kappa shape index (κ1) is 28.6. The zero-order chi connectivity index (χ0) is 27.2. The number of hydrogen-bond acceptors (Lipinski definition) is 10. The molecule has 0 bridgehead atoms. The summed E-state index contributed by atoms with van der Waals surface area (Å²) < 4.78 is 64.8. The van der Waals surface area contributed by atoms with Crippen molar-refractivity contribution in [2.75, 3.05) is 6.61 Å². The molecule has 1 aliphatic heterocycles. The maximum atomic E-state index is 12.8. The number of benzene rings is 1. The molecule has 2 rings (SSSR count). The lowest BCUT2D eigenvalue weighted by Crippen LogP contribution is -2.66. The van der Waals surface area contributed by atoms with Crippen molar-refractivity contribution in [2.45, 2.75) is 64.5 Å². The van der Waals surface area contributed by atoms with E-state index in [-0.39, 0.29) is 5.56 Å². The van der Waals surface area contributed by atoms with Gasteiger partial charge in [0, 0.05) is 33.3 Å². The minimum Gasteiger partial charge on any atom is -0.463 e. The predicted octanol–water partition coefficient (Wildman–Crippen LogP) is 1.52. The topological polar surface area (TPSA) is 144 Å². The first-order chi connectivity index (χ1) is 16.7. The molecule has 0 aromatic heterocycles. The van der Waals surface area contributed by atoms with Gasteiger partial charge in [0.2, 0.25) is 0 Å². The lowest BCUT2D eigenvalue weighted by molar-refractivity contribution is -0.255. The number of ether oxygens (including phenoxy) is 5. The van der Waals surface area contributed by atoms with Crippen LogP contribution in [-0.4, -0.2) is 67.0 Å². The molecule has 0 unspecified atom stereocenters. The summed E-state index contributed by atoms with van der Waals surface area (Å²) in [7, 11) is 0. The molecule has 1 aromatic carbocycles. The molecular formula is C22H24F3NO10. The highest BCUT2D eigenvalue weighted by molar-refractivity contribution is 5.94. The van der Waals surface area contributed by atoms with E-state index in [9.17, 15) is 37.1 Å². The number of amides is 1. The van der Waals surface area contributed by atoms with Crippen LogP contribution in [0.25, 0.3) is 0 Å². The molecule has 0 radical (unpaired) electrons. The molecule has 5 atom stereocenters. The third-order valence-electron chi connectivity index (χ3n) is 4.74. The quantitative estimate of drug-likeness (QED) is 0.416. The molecule has 1 heterocycles. The maximum absolute atomic E-state index is 12.8. The van der Waals surface area contributed by atoms with Crippen LogP contribution in [-0.2, 0) is 49.0 Å². The SMILES string of the molecule is CC(=O)OC[C@H]1O[C@@H](NC(=O)c2ccc(C(F)(F)F)cc2)[C@H](OC(C)=O)[C@@H](OC(C)=O)[C@@H]1OC(C)=O. The van der Waals surface area contributed by atoms with E-state index in [4.69, 9.17) is 23.7 Å².